The van der Waals surface area contributed by atoms with E-state index in [-0.39, 0.29) is 5.82 Å². The molecule has 1 unspecified atom stereocenters. The highest BCUT2D eigenvalue weighted by atomic mass is 19.1. The second-order valence-electron chi connectivity index (χ2n) is 9.46. The van der Waals surface area contributed by atoms with E-state index < -0.39 is 5.54 Å². The molecule has 0 saturated carbocycles. The van der Waals surface area contributed by atoms with E-state index in [1.54, 1.807) is 18.5 Å². The van der Waals surface area contributed by atoms with Gasteiger partial charge in [-0.25, -0.2) is 23.9 Å². The first-order valence-electron chi connectivity index (χ1n) is 12.3. The highest BCUT2D eigenvalue weighted by molar-refractivity contribution is 5.77. The summed E-state index contributed by atoms with van der Waals surface area (Å²) >= 11 is 0. The molecule has 0 aliphatic carbocycles. The summed E-state index contributed by atoms with van der Waals surface area (Å²) in [4.78, 5) is 18.3. The lowest BCUT2D eigenvalue weighted by molar-refractivity contribution is 0.592. The van der Waals surface area contributed by atoms with Gasteiger partial charge in [-0.1, -0.05) is 42.5 Å². The van der Waals surface area contributed by atoms with E-state index in [2.05, 4.69) is 29.9 Å². The molecular weight excluding hydrogens is 467 g/mol. The SMILES string of the molecule is CC(N)(c1ccccc1)c1cnc(N2CCN(c3ncnn4cc(-c5ccc(F)cc5)cc34)CC2)nc1. The van der Waals surface area contributed by atoms with Gasteiger partial charge in [0, 0.05) is 55.9 Å². The molecule has 8 nitrogen and oxygen atoms in total. The van der Waals surface area contributed by atoms with Gasteiger partial charge >= 0.3 is 0 Å². The van der Waals surface area contributed by atoms with E-state index in [1.165, 1.54) is 12.1 Å². The summed E-state index contributed by atoms with van der Waals surface area (Å²) in [5.74, 6) is 1.32. The molecule has 1 fully saturated rings. The second-order valence-corrected chi connectivity index (χ2v) is 9.46. The summed E-state index contributed by atoms with van der Waals surface area (Å²) in [6, 6.07) is 18.5. The van der Waals surface area contributed by atoms with E-state index in [9.17, 15) is 4.39 Å². The highest BCUT2D eigenvalue weighted by Crippen LogP contribution is 2.29. The van der Waals surface area contributed by atoms with Crippen LogP contribution in [0.15, 0.2) is 85.6 Å². The van der Waals surface area contributed by atoms with Crippen LogP contribution in [0.2, 0.25) is 0 Å². The van der Waals surface area contributed by atoms with Crippen molar-refractivity contribution in [3.63, 3.8) is 0 Å². The molecule has 1 aliphatic heterocycles. The number of nitrogens with two attached hydrogens (primary N) is 1. The number of fused-ring (bicyclic) bond motifs is 1. The van der Waals surface area contributed by atoms with Crippen molar-refractivity contribution < 1.29 is 4.39 Å². The highest BCUT2D eigenvalue weighted by Gasteiger charge is 2.26. The van der Waals surface area contributed by atoms with Crippen molar-refractivity contribution >= 4 is 17.3 Å². The molecule has 2 N–H and O–H groups in total. The van der Waals surface area contributed by atoms with Crippen molar-refractivity contribution in [1.82, 2.24) is 24.6 Å². The van der Waals surface area contributed by atoms with E-state index in [4.69, 9.17) is 5.73 Å². The third-order valence-corrected chi connectivity index (χ3v) is 7.04. The third-order valence-electron chi connectivity index (χ3n) is 7.04. The molecule has 6 rings (SSSR count). The van der Waals surface area contributed by atoms with Crippen LogP contribution in [0.25, 0.3) is 16.6 Å². The lowest BCUT2D eigenvalue weighted by atomic mass is 9.87. The Balaban J connectivity index is 1.17. The Labute approximate surface area is 214 Å². The topological polar surface area (TPSA) is 88.5 Å². The van der Waals surface area contributed by atoms with Crippen LogP contribution < -0.4 is 15.5 Å². The summed E-state index contributed by atoms with van der Waals surface area (Å²) < 4.78 is 15.2. The molecule has 0 spiro atoms. The number of aromatic nitrogens is 5. The zero-order valence-electron chi connectivity index (χ0n) is 20.5. The number of benzene rings is 2. The normalized spacial score (nSPS) is 15.6. The molecular formula is C28H27FN8. The maximum absolute atomic E-state index is 13.4. The van der Waals surface area contributed by atoms with Gasteiger partial charge in [0.1, 0.15) is 17.7 Å². The molecule has 1 aliphatic rings. The van der Waals surface area contributed by atoms with Gasteiger partial charge in [-0.05, 0) is 36.2 Å². The zero-order valence-corrected chi connectivity index (χ0v) is 20.5. The Bertz CT molecular complexity index is 1510. The average molecular weight is 495 g/mol. The molecule has 1 atom stereocenters. The predicted molar refractivity (Wildman–Crippen MR) is 142 cm³/mol. The molecule has 0 amide bonds. The number of anilines is 2. The maximum atomic E-state index is 13.4. The van der Waals surface area contributed by atoms with Gasteiger partial charge in [0.25, 0.3) is 0 Å². The number of piperazine rings is 1. The number of hydrogen-bond acceptors (Lipinski definition) is 7. The first-order valence-corrected chi connectivity index (χ1v) is 12.3. The standard InChI is InChI=1S/C28H27FN8/c1-28(30,22-5-3-2-4-6-22)23-16-31-27(32-17-23)36-13-11-35(12-14-36)26-25-15-21(18-37(25)34-19-33-26)20-7-9-24(29)10-8-20/h2-10,15-19H,11-14,30H2,1H3. The first-order chi connectivity index (χ1) is 18.0. The number of rotatable bonds is 5. The van der Waals surface area contributed by atoms with Crippen molar-refractivity contribution in [3.05, 3.63) is 103 Å². The molecule has 0 radical (unpaired) electrons. The minimum absolute atomic E-state index is 0.252. The summed E-state index contributed by atoms with van der Waals surface area (Å²) in [7, 11) is 0. The Morgan fingerprint density at radius 2 is 1.49 bits per heavy atom. The Morgan fingerprint density at radius 1 is 0.811 bits per heavy atom. The van der Waals surface area contributed by atoms with Crippen molar-refractivity contribution in [3.8, 4) is 11.1 Å². The summed E-state index contributed by atoms with van der Waals surface area (Å²) in [5.41, 5.74) is 10.7. The molecule has 0 bridgehead atoms. The fourth-order valence-electron chi connectivity index (χ4n) is 4.78. The van der Waals surface area contributed by atoms with Gasteiger partial charge in [-0.3, -0.25) is 0 Å². The lowest BCUT2D eigenvalue weighted by Crippen LogP contribution is -2.47. The van der Waals surface area contributed by atoms with Crippen molar-refractivity contribution in [2.45, 2.75) is 12.5 Å². The average Bonchev–Trinajstić information content (AvgIpc) is 3.39. The molecule has 3 aromatic heterocycles. The van der Waals surface area contributed by atoms with Crippen LogP contribution in [-0.2, 0) is 5.54 Å². The zero-order chi connectivity index (χ0) is 25.4. The summed E-state index contributed by atoms with van der Waals surface area (Å²) in [6.45, 7) is 5.05. The van der Waals surface area contributed by atoms with Gasteiger partial charge in [0.2, 0.25) is 5.95 Å². The fraction of sp³-hybridized carbons (Fsp3) is 0.214. The minimum Gasteiger partial charge on any atom is -0.351 e. The number of hydrogen-bond donors (Lipinski definition) is 1. The molecule has 2 aromatic carbocycles. The largest absolute Gasteiger partial charge is 0.351 e. The molecule has 37 heavy (non-hydrogen) atoms. The Morgan fingerprint density at radius 3 is 2.19 bits per heavy atom. The maximum Gasteiger partial charge on any atom is 0.225 e. The second kappa shape index (κ2) is 9.25. The summed E-state index contributed by atoms with van der Waals surface area (Å²) in [5, 5.41) is 4.38. The van der Waals surface area contributed by atoms with Crippen LogP contribution in [0.4, 0.5) is 16.2 Å². The van der Waals surface area contributed by atoms with Gasteiger partial charge in [0.05, 0.1) is 5.54 Å². The van der Waals surface area contributed by atoms with Crippen LogP contribution in [0.5, 0.6) is 0 Å². The quantitative estimate of drug-likeness (QED) is 0.397. The first kappa shape index (κ1) is 23.1. The van der Waals surface area contributed by atoms with Crippen molar-refractivity contribution in [1.29, 1.82) is 0 Å². The fourth-order valence-corrected chi connectivity index (χ4v) is 4.78. The van der Waals surface area contributed by atoms with Crippen LogP contribution in [0.3, 0.4) is 0 Å². The van der Waals surface area contributed by atoms with E-state index in [1.807, 2.05) is 66.4 Å². The molecule has 9 heteroatoms. The van der Waals surface area contributed by atoms with Gasteiger partial charge in [0.15, 0.2) is 5.82 Å². The van der Waals surface area contributed by atoms with Crippen LogP contribution >= 0.6 is 0 Å². The van der Waals surface area contributed by atoms with Crippen molar-refractivity contribution in [2.24, 2.45) is 5.73 Å². The third kappa shape index (κ3) is 4.38. The molecule has 5 aromatic rings. The summed E-state index contributed by atoms with van der Waals surface area (Å²) in [6.07, 6.45) is 7.17. The van der Waals surface area contributed by atoms with Crippen LogP contribution in [0.1, 0.15) is 18.1 Å². The van der Waals surface area contributed by atoms with Crippen LogP contribution in [-0.4, -0.2) is 50.7 Å². The molecule has 1 saturated heterocycles. The molecule has 4 heterocycles. The lowest BCUT2D eigenvalue weighted by Gasteiger charge is -2.35. The van der Waals surface area contributed by atoms with Gasteiger partial charge in [-0.15, -0.1) is 0 Å². The van der Waals surface area contributed by atoms with E-state index in [0.29, 0.717) is 5.95 Å². The number of nitrogens with zero attached hydrogens (tertiary/aromatic N) is 7. The monoisotopic (exact) mass is 494 g/mol. The Hall–Kier alpha value is -4.37. The Kier molecular flexibility index (Phi) is 5.77. The van der Waals surface area contributed by atoms with Gasteiger partial charge < -0.3 is 15.5 Å². The van der Waals surface area contributed by atoms with Crippen molar-refractivity contribution in [2.75, 3.05) is 36.0 Å². The predicted octanol–water partition coefficient (Wildman–Crippen LogP) is 3.87. The number of halogens is 1. The van der Waals surface area contributed by atoms with E-state index in [0.717, 1.165) is 59.8 Å². The molecule has 186 valence electrons. The smallest absolute Gasteiger partial charge is 0.225 e. The minimum atomic E-state index is -0.666. The van der Waals surface area contributed by atoms with E-state index >= 15 is 0 Å². The van der Waals surface area contributed by atoms with Crippen LogP contribution in [0, 0.1) is 5.82 Å². The van der Waals surface area contributed by atoms with Gasteiger partial charge in [-0.2, -0.15) is 5.10 Å².